The Hall–Kier alpha value is -2.82. The van der Waals surface area contributed by atoms with E-state index in [-0.39, 0.29) is 28.8 Å². The number of phenols is 1. The van der Waals surface area contributed by atoms with Crippen molar-refractivity contribution in [3.8, 4) is 22.6 Å². The fraction of sp³-hybridized carbons (Fsp3) is 0.333. The molecule has 0 unspecified atom stereocenters. The molecule has 0 radical (unpaired) electrons. The third-order valence-corrected chi connectivity index (χ3v) is 4.47. The maximum atomic E-state index is 12.8. The minimum Gasteiger partial charge on any atom is -0.508 e. The van der Waals surface area contributed by atoms with Crippen LogP contribution < -0.4 is 5.56 Å². The molecule has 2 aromatic rings. The largest absolute Gasteiger partial charge is 0.508 e. The summed E-state index contributed by atoms with van der Waals surface area (Å²) >= 11 is 0. The SMILES string of the molecule is C/C=C/C[C@H](C)C[C@H](C)C(=O)c1c(O)c(-c2ccc(O)cc2)c[nH]c1=O. The van der Waals surface area contributed by atoms with Crippen LogP contribution in [0.4, 0.5) is 0 Å². The van der Waals surface area contributed by atoms with Gasteiger partial charge in [0.1, 0.15) is 17.1 Å². The van der Waals surface area contributed by atoms with Gasteiger partial charge in [-0.1, -0.05) is 38.1 Å². The Labute approximate surface area is 153 Å². The van der Waals surface area contributed by atoms with E-state index in [0.717, 1.165) is 6.42 Å². The van der Waals surface area contributed by atoms with Gasteiger partial charge in [-0.25, -0.2) is 0 Å². The summed E-state index contributed by atoms with van der Waals surface area (Å²) in [5.74, 6) is -0.671. The third kappa shape index (κ3) is 4.42. The van der Waals surface area contributed by atoms with Crippen molar-refractivity contribution in [3.63, 3.8) is 0 Å². The van der Waals surface area contributed by atoms with Crippen molar-refractivity contribution in [1.82, 2.24) is 4.98 Å². The van der Waals surface area contributed by atoms with E-state index in [1.54, 1.807) is 19.1 Å². The number of carbonyl (C=O) groups excluding carboxylic acids is 1. The van der Waals surface area contributed by atoms with E-state index in [1.165, 1.54) is 18.3 Å². The second-order valence-corrected chi connectivity index (χ2v) is 6.71. The van der Waals surface area contributed by atoms with E-state index >= 15 is 0 Å². The minimum absolute atomic E-state index is 0.0951. The fourth-order valence-corrected chi connectivity index (χ4v) is 3.03. The van der Waals surface area contributed by atoms with Crippen LogP contribution in [0, 0.1) is 11.8 Å². The topological polar surface area (TPSA) is 90.4 Å². The number of nitrogens with one attached hydrogen (secondary N) is 1. The molecule has 0 bridgehead atoms. The number of aromatic hydroxyl groups is 2. The molecule has 1 aromatic carbocycles. The van der Waals surface area contributed by atoms with Crippen molar-refractivity contribution in [3.05, 3.63) is 58.5 Å². The standard InChI is InChI=1S/C21H25NO4/c1-4-5-6-13(2)11-14(3)19(24)18-20(25)17(12-22-21(18)26)15-7-9-16(23)10-8-15/h4-5,7-10,12-14,23H,6,11H2,1-3H3,(H2,22,25,26)/b5-4+/t13-,14-/m0/s1. The minimum atomic E-state index is -0.594. The van der Waals surface area contributed by atoms with Gasteiger partial charge in [-0.2, -0.15) is 0 Å². The Morgan fingerprint density at radius 3 is 2.46 bits per heavy atom. The zero-order valence-electron chi connectivity index (χ0n) is 15.3. The first-order valence-electron chi connectivity index (χ1n) is 8.74. The first kappa shape index (κ1) is 19.5. The average Bonchev–Trinajstić information content (AvgIpc) is 2.61. The van der Waals surface area contributed by atoms with Crippen molar-refractivity contribution in [2.75, 3.05) is 0 Å². The summed E-state index contributed by atoms with van der Waals surface area (Å²) in [6.07, 6.45) is 6.90. The highest BCUT2D eigenvalue weighted by atomic mass is 16.3. The number of hydrogen-bond acceptors (Lipinski definition) is 4. The molecule has 26 heavy (non-hydrogen) atoms. The van der Waals surface area contributed by atoms with Crippen molar-refractivity contribution in [2.24, 2.45) is 11.8 Å². The Bertz CT molecular complexity index is 849. The number of ketones is 1. The van der Waals surface area contributed by atoms with Crippen molar-refractivity contribution in [2.45, 2.75) is 33.6 Å². The van der Waals surface area contributed by atoms with Gasteiger partial charge in [0.25, 0.3) is 5.56 Å². The summed E-state index contributed by atoms with van der Waals surface area (Å²) in [4.78, 5) is 27.5. The summed E-state index contributed by atoms with van der Waals surface area (Å²) in [6.45, 7) is 5.79. The van der Waals surface area contributed by atoms with Gasteiger partial charge in [0.2, 0.25) is 0 Å². The summed E-state index contributed by atoms with van der Waals surface area (Å²) < 4.78 is 0. The number of hydrogen-bond donors (Lipinski definition) is 3. The Morgan fingerprint density at radius 1 is 1.19 bits per heavy atom. The van der Waals surface area contributed by atoms with Crippen molar-refractivity contribution < 1.29 is 15.0 Å². The summed E-state index contributed by atoms with van der Waals surface area (Å²) in [5.41, 5.74) is 0.145. The predicted molar refractivity (Wildman–Crippen MR) is 103 cm³/mol. The highest BCUT2D eigenvalue weighted by Gasteiger charge is 2.25. The number of Topliss-reactive ketones (excluding diaryl/α,β-unsaturated/α-hetero) is 1. The Kier molecular flexibility index (Phi) is 6.39. The second-order valence-electron chi connectivity index (χ2n) is 6.71. The molecule has 5 nitrogen and oxygen atoms in total. The van der Waals surface area contributed by atoms with E-state index in [4.69, 9.17) is 0 Å². The lowest BCUT2D eigenvalue weighted by Crippen LogP contribution is -2.23. The third-order valence-electron chi connectivity index (χ3n) is 4.47. The summed E-state index contributed by atoms with van der Waals surface area (Å²) in [6, 6.07) is 6.18. The number of aromatic amines is 1. The molecule has 1 aromatic heterocycles. The van der Waals surface area contributed by atoms with Crippen LogP contribution in [0.15, 0.2) is 47.4 Å². The van der Waals surface area contributed by atoms with E-state index in [2.05, 4.69) is 18.0 Å². The molecule has 2 rings (SSSR count). The molecule has 0 saturated carbocycles. The molecular formula is C21H25NO4. The van der Waals surface area contributed by atoms with E-state index in [9.17, 15) is 19.8 Å². The molecule has 5 heteroatoms. The number of H-pyrrole nitrogens is 1. The quantitative estimate of drug-likeness (QED) is 0.511. The fourth-order valence-electron chi connectivity index (χ4n) is 3.03. The lowest BCUT2D eigenvalue weighted by Gasteiger charge is -2.16. The number of aromatic nitrogens is 1. The van der Waals surface area contributed by atoms with Crippen LogP contribution in [-0.2, 0) is 0 Å². The molecule has 138 valence electrons. The number of carbonyl (C=O) groups is 1. The molecule has 0 fully saturated rings. The predicted octanol–water partition coefficient (Wildman–Crippen LogP) is 4.26. The lowest BCUT2D eigenvalue weighted by atomic mass is 9.88. The highest BCUT2D eigenvalue weighted by molar-refractivity contribution is 6.01. The van der Waals surface area contributed by atoms with E-state index < -0.39 is 5.56 Å². The first-order chi connectivity index (χ1) is 12.3. The number of pyridine rings is 1. The van der Waals surface area contributed by atoms with Crippen LogP contribution in [0.1, 0.15) is 44.0 Å². The molecule has 3 N–H and O–H groups in total. The number of allylic oxidation sites excluding steroid dienone is 2. The molecule has 0 spiro atoms. The normalized spacial score (nSPS) is 13.7. The van der Waals surface area contributed by atoms with Crippen LogP contribution in [0.2, 0.25) is 0 Å². The van der Waals surface area contributed by atoms with Gasteiger partial charge < -0.3 is 15.2 Å². The molecule has 1 heterocycles. The molecule has 0 amide bonds. The Balaban J connectivity index is 2.33. The highest BCUT2D eigenvalue weighted by Crippen LogP contribution is 2.32. The van der Waals surface area contributed by atoms with Gasteiger partial charge in [-0.3, -0.25) is 9.59 Å². The smallest absolute Gasteiger partial charge is 0.262 e. The van der Waals surface area contributed by atoms with Gasteiger partial charge in [0.05, 0.1) is 0 Å². The lowest BCUT2D eigenvalue weighted by molar-refractivity contribution is 0.0909. The van der Waals surface area contributed by atoms with Crippen LogP contribution in [-0.4, -0.2) is 21.0 Å². The molecule has 2 atom stereocenters. The van der Waals surface area contributed by atoms with Crippen molar-refractivity contribution in [1.29, 1.82) is 0 Å². The van der Waals surface area contributed by atoms with Gasteiger partial charge in [-0.05, 0) is 43.4 Å². The van der Waals surface area contributed by atoms with Gasteiger partial charge >= 0.3 is 0 Å². The zero-order chi connectivity index (χ0) is 19.3. The van der Waals surface area contributed by atoms with Crippen molar-refractivity contribution >= 4 is 5.78 Å². The van der Waals surface area contributed by atoms with Crippen LogP contribution in [0.5, 0.6) is 11.5 Å². The Morgan fingerprint density at radius 2 is 1.85 bits per heavy atom. The molecule has 0 aliphatic carbocycles. The molecule has 0 aliphatic heterocycles. The zero-order valence-corrected chi connectivity index (χ0v) is 15.3. The van der Waals surface area contributed by atoms with Crippen LogP contribution >= 0.6 is 0 Å². The average molecular weight is 355 g/mol. The maximum absolute atomic E-state index is 12.8. The van der Waals surface area contributed by atoms with Gasteiger partial charge in [-0.15, -0.1) is 0 Å². The second kappa shape index (κ2) is 8.52. The van der Waals surface area contributed by atoms with Gasteiger partial charge in [0.15, 0.2) is 5.78 Å². The summed E-state index contributed by atoms with van der Waals surface area (Å²) in [7, 11) is 0. The van der Waals surface area contributed by atoms with E-state index in [0.29, 0.717) is 23.5 Å². The molecular weight excluding hydrogens is 330 g/mol. The maximum Gasteiger partial charge on any atom is 0.262 e. The van der Waals surface area contributed by atoms with Crippen LogP contribution in [0.3, 0.4) is 0 Å². The first-order valence-corrected chi connectivity index (χ1v) is 8.74. The molecule has 0 saturated heterocycles. The van der Waals surface area contributed by atoms with E-state index in [1.807, 2.05) is 13.0 Å². The van der Waals surface area contributed by atoms with Crippen LogP contribution in [0.25, 0.3) is 11.1 Å². The number of phenolic OH excluding ortho intramolecular Hbond substituents is 1. The summed E-state index contributed by atoms with van der Waals surface area (Å²) in [5, 5.41) is 20.0. The van der Waals surface area contributed by atoms with Gasteiger partial charge in [0, 0.05) is 17.7 Å². The molecule has 0 aliphatic rings. The number of benzene rings is 1. The monoisotopic (exact) mass is 355 g/mol. The number of rotatable bonds is 7.